The van der Waals surface area contributed by atoms with Gasteiger partial charge in [0.1, 0.15) is 6.04 Å². The summed E-state index contributed by atoms with van der Waals surface area (Å²) in [6.07, 6.45) is 1.72. The number of piperidine rings is 1. The third kappa shape index (κ3) is 7.21. The number of anilines is 1. The number of rotatable bonds is 7. The summed E-state index contributed by atoms with van der Waals surface area (Å²) in [7, 11) is 0. The van der Waals surface area contributed by atoms with Gasteiger partial charge in [-0.3, -0.25) is 14.4 Å². The van der Waals surface area contributed by atoms with E-state index in [9.17, 15) is 14.4 Å². The number of hydrogen-bond acceptors (Lipinski definition) is 3. The lowest BCUT2D eigenvalue weighted by atomic mass is 9.89. The molecule has 1 atom stereocenters. The fourth-order valence-corrected chi connectivity index (χ4v) is 4.54. The highest BCUT2D eigenvalue weighted by atomic mass is 35.5. The first-order chi connectivity index (χ1) is 16.5. The second-order valence-electron chi connectivity index (χ2n) is 9.72. The molecule has 1 heterocycles. The first-order valence-electron chi connectivity index (χ1n) is 12.0. The number of benzene rings is 2. The number of halogens is 2. The van der Waals surface area contributed by atoms with Gasteiger partial charge in [-0.2, -0.15) is 0 Å². The Kier molecular flexibility index (Phi) is 9.20. The zero-order valence-corrected chi connectivity index (χ0v) is 22.1. The van der Waals surface area contributed by atoms with Gasteiger partial charge in [0.25, 0.3) is 5.91 Å². The number of carbonyl (C=O) groups excluding carboxylic acids is 3. The van der Waals surface area contributed by atoms with Gasteiger partial charge in [-0.15, -0.1) is 0 Å². The van der Waals surface area contributed by atoms with Crippen LogP contribution in [0.15, 0.2) is 42.5 Å². The van der Waals surface area contributed by atoms with E-state index in [1.165, 1.54) is 11.6 Å². The Morgan fingerprint density at radius 3 is 2.11 bits per heavy atom. The molecule has 0 saturated carbocycles. The van der Waals surface area contributed by atoms with Gasteiger partial charge < -0.3 is 15.5 Å². The molecular formula is C27H33Cl2N3O3. The van der Waals surface area contributed by atoms with E-state index in [0.717, 1.165) is 12.8 Å². The van der Waals surface area contributed by atoms with E-state index in [1.54, 1.807) is 26.0 Å². The highest BCUT2D eigenvalue weighted by Gasteiger charge is 2.32. The minimum atomic E-state index is -0.665. The molecule has 2 aromatic rings. The van der Waals surface area contributed by atoms with Crippen LogP contribution in [-0.2, 0) is 9.59 Å². The SMILES string of the molecule is CC(C)C(=O)Nc1cc(Cl)cc(C(=O)N[C@@H](C(=O)N2CCC(c3ccc(Cl)cc3)CC2)C(C)C)c1. The maximum absolute atomic E-state index is 13.4. The number of hydrogen-bond donors (Lipinski definition) is 2. The highest BCUT2D eigenvalue weighted by Crippen LogP contribution is 2.29. The number of nitrogens with one attached hydrogen (secondary N) is 2. The number of carbonyl (C=O) groups is 3. The van der Waals surface area contributed by atoms with Crippen molar-refractivity contribution in [2.75, 3.05) is 18.4 Å². The zero-order valence-electron chi connectivity index (χ0n) is 20.6. The van der Waals surface area contributed by atoms with Gasteiger partial charge in [-0.05, 0) is 60.6 Å². The van der Waals surface area contributed by atoms with Crippen LogP contribution >= 0.6 is 23.2 Å². The van der Waals surface area contributed by atoms with E-state index in [0.29, 0.717) is 34.7 Å². The van der Waals surface area contributed by atoms with Crippen molar-refractivity contribution >= 4 is 46.6 Å². The van der Waals surface area contributed by atoms with Crippen LogP contribution in [0.5, 0.6) is 0 Å². The molecule has 0 bridgehead atoms. The van der Waals surface area contributed by atoms with Crippen LogP contribution in [0.4, 0.5) is 5.69 Å². The molecule has 1 aliphatic heterocycles. The fourth-order valence-electron chi connectivity index (χ4n) is 4.18. The van der Waals surface area contributed by atoms with Gasteiger partial charge in [-0.1, -0.05) is 63.0 Å². The molecular weight excluding hydrogens is 485 g/mol. The minimum Gasteiger partial charge on any atom is -0.341 e. The summed E-state index contributed by atoms with van der Waals surface area (Å²) < 4.78 is 0. The molecule has 1 fully saturated rings. The van der Waals surface area contributed by atoms with E-state index >= 15 is 0 Å². The first kappa shape index (κ1) is 27.0. The van der Waals surface area contributed by atoms with Crippen LogP contribution in [0.1, 0.15) is 62.4 Å². The maximum Gasteiger partial charge on any atom is 0.252 e. The molecule has 0 radical (unpaired) electrons. The molecule has 2 N–H and O–H groups in total. The summed E-state index contributed by atoms with van der Waals surface area (Å²) in [5, 5.41) is 6.70. The largest absolute Gasteiger partial charge is 0.341 e. The van der Waals surface area contributed by atoms with Crippen LogP contribution in [0, 0.1) is 11.8 Å². The van der Waals surface area contributed by atoms with Crippen LogP contribution in [0.3, 0.4) is 0 Å². The summed E-state index contributed by atoms with van der Waals surface area (Å²) >= 11 is 12.2. The second-order valence-corrected chi connectivity index (χ2v) is 10.6. The Bertz CT molecular complexity index is 1060. The number of nitrogens with zero attached hydrogens (tertiary/aromatic N) is 1. The van der Waals surface area contributed by atoms with Crippen molar-refractivity contribution in [1.29, 1.82) is 0 Å². The van der Waals surface area contributed by atoms with Crippen molar-refractivity contribution in [2.24, 2.45) is 11.8 Å². The Balaban J connectivity index is 1.66. The third-order valence-electron chi connectivity index (χ3n) is 6.32. The number of likely N-dealkylation sites (tertiary alicyclic amines) is 1. The molecule has 1 aliphatic rings. The maximum atomic E-state index is 13.4. The number of amides is 3. The fraction of sp³-hybridized carbons (Fsp3) is 0.444. The van der Waals surface area contributed by atoms with Gasteiger partial charge >= 0.3 is 0 Å². The van der Waals surface area contributed by atoms with Crippen LogP contribution in [0.2, 0.25) is 10.0 Å². The lowest BCUT2D eigenvalue weighted by molar-refractivity contribution is -0.135. The zero-order chi connectivity index (χ0) is 25.7. The molecule has 0 spiro atoms. The van der Waals surface area contributed by atoms with Gasteiger partial charge in [-0.25, -0.2) is 0 Å². The van der Waals surface area contributed by atoms with Crippen molar-refractivity contribution < 1.29 is 14.4 Å². The van der Waals surface area contributed by atoms with Crippen LogP contribution in [0.25, 0.3) is 0 Å². The Morgan fingerprint density at radius 2 is 1.54 bits per heavy atom. The molecule has 188 valence electrons. The first-order valence-corrected chi connectivity index (χ1v) is 12.8. The molecule has 35 heavy (non-hydrogen) atoms. The van der Waals surface area contributed by atoms with Crippen molar-refractivity contribution in [3.05, 3.63) is 63.6 Å². The Morgan fingerprint density at radius 1 is 0.914 bits per heavy atom. The predicted octanol–water partition coefficient (Wildman–Crippen LogP) is 5.75. The van der Waals surface area contributed by atoms with E-state index in [4.69, 9.17) is 23.2 Å². The normalized spacial score (nSPS) is 15.3. The standard InChI is InChI=1S/C27H33Cl2N3O3/c1-16(2)24(27(35)32-11-9-19(10-12-32)18-5-7-21(28)8-6-18)31-26(34)20-13-22(29)15-23(14-20)30-25(33)17(3)4/h5-8,13-17,19,24H,9-12H2,1-4H3,(H,30,33)(H,31,34)/t24-/m1/s1. The van der Waals surface area contributed by atoms with E-state index in [1.807, 2.05) is 43.0 Å². The quantitative estimate of drug-likeness (QED) is 0.490. The summed E-state index contributed by atoms with van der Waals surface area (Å²) in [4.78, 5) is 40.3. The molecule has 8 heteroatoms. The monoisotopic (exact) mass is 517 g/mol. The average Bonchev–Trinajstić information content (AvgIpc) is 2.82. The van der Waals surface area contributed by atoms with E-state index < -0.39 is 11.9 Å². The third-order valence-corrected chi connectivity index (χ3v) is 6.79. The summed E-state index contributed by atoms with van der Waals surface area (Å²) in [6.45, 7) is 8.65. The van der Waals surface area contributed by atoms with Gasteiger partial charge in [0, 0.05) is 40.3 Å². The van der Waals surface area contributed by atoms with Crippen LogP contribution < -0.4 is 10.6 Å². The summed E-state index contributed by atoms with van der Waals surface area (Å²) in [5.74, 6) is -0.586. The smallest absolute Gasteiger partial charge is 0.252 e. The lowest BCUT2D eigenvalue weighted by Crippen LogP contribution is -2.52. The Labute approximate surface area is 217 Å². The van der Waals surface area contributed by atoms with Crippen LogP contribution in [-0.4, -0.2) is 41.8 Å². The topological polar surface area (TPSA) is 78.5 Å². The van der Waals surface area contributed by atoms with Crippen molar-refractivity contribution in [3.8, 4) is 0 Å². The van der Waals surface area contributed by atoms with E-state index in [2.05, 4.69) is 10.6 Å². The van der Waals surface area contributed by atoms with Crippen molar-refractivity contribution in [2.45, 2.75) is 52.5 Å². The molecule has 2 aromatic carbocycles. The lowest BCUT2D eigenvalue weighted by Gasteiger charge is -2.35. The average molecular weight is 518 g/mol. The predicted molar refractivity (Wildman–Crippen MR) is 141 cm³/mol. The van der Waals surface area contributed by atoms with E-state index in [-0.39, 0.29) is 29.2 Å². The minimum absolute atomic E-state index is 0.0849. The molecule has 3 rings (SSSR count). The second kappa shape index (κ2) is 11.9. The molecule has 0 aliphatic carbocycles. The van der Waals surface area contributed by atoms with Gasteiger partial charge in [0.2, 0.25) is 11.8 Å². The Hall–Kier alpha value is -2.57. The summed E-state index contributed by atoms with van der Waals surface area (Å²) in [5.41, 5.74) is 1.96. The highest BCUT2D eigenvalue weighted by molar-refractivity contribution is 6.31. The van der Waals surface area contributed by atoms with Crippen molar-refractivity contribution in [1.82, 2.24) is 10.2 Å². The molecule has 0 unspecified atom stereocenters. The van der Waals surface area contributed by atoms with Gasteiger partial charge in [0.15, 0.2) is 0 Å². The molecule has 6 nitrogen and oxygen atoms in total. The van der Waals surface area contributed by atoms with Gasteiger partial charge in [0.05, 0.1) is 0 Å². The molecule has 1 saturated heterocycles. The molecule has 3 amide bonds. The molecule has 0 aromatic heterocycles. The van der Waals surface area contributed by atoms with Crippen molar-refractivity contribution in [3.63, 3.8) is 0 Å². The summed E-state index contributed by atoms with van der Waals surface area (Å²) in [6, 6.07) is 11.9.